The summed E-state index contributed by atoms with van der Waals surface area (Å²) in [6, 6.07) is 15.5. The van der Waals surface area contributed by atoms with E-state index in [0.717, 1.165) is 22.7 Å². The Hall–Kier alpha value is -2.73. The van der Waals surface area contributed by atoms with E-state index in [1.165, 1.54) is 5.56 Å². The van der Waals surface area contributed by atoms with E-state index in [9.17, 15) is 4.79 Å². The molecule has 0 radical (unpaired) electrons. The zero-order valence-corrected chi connectivity index (χ0v) is 14.3. The third kappa shape index (κ3) is 4.17. The average Bonchev–Trinajstić information content (AvgIpc) is 3.03. The molecular weight excluding hydrogens is 322 g/mol. The SMILES string of the molecule is Cc1ccc(OCC(=O)Nc2nc(-c3ccc(C)cc3)ns2)cc1. The minimum atomic E-state index is -0.262. The monoisotopic (exact) mass is 339 g/mol. The number of aromatic nitrogens is 2. The number of carbonyl (C=O) groups is 1. The second-order valence-corrected chi connectivity index (χ2v) is 6.19. The lowest BCUT2D eigenvalue weighted by atomic mass is 10.1. The van der Waals surface area contributed by atoms with E-state index in [2.05, 4.69) is 14.7 Å². The van der Waals surface area contributed by atoms with Crippen LogP contribution in [-0.4, -0.2) is 21.9 Å². The Morgan fingerprint density at radius 3 is 2.33 bits per heavy atom. The minimum absolute atomic E-state index is 0.0670. The highest BCUT2D eigenvalue weighted by atomic mass is 32.1. The summed E-state index contributed by atoms with van der Waals surface area (Å²) >= 11 is 1.15. The van der Waals surface area contributed by atoms with Crippen molar-refractivity contribution >= 4 is 22.6 Å². The summed E-state index contributed by atoms with van der Waals surface area (Å²) in [5.74, 6) is 1.00. The number of carbonyl (C=O) groups excluding carboxylic acids is 1. The summed E-state index contributed by atoms with van der Waals surface area (Å²) < 4.78 is 9.72. The Bertz CT molecular complexity index is 826. The predicted molar refractivity (Wildman–Crippen MR) is 95.4 cm³/mol. The molecule has 5 nitrogen and oxygen atoms in total. The number of rotatable bonds is 5. The quantitative estimate of drug-likeness (QED) is 0.767. The largest absolute Gasteiger partial charge is 0.484 e. The average molecular weight is 339 g/mol. The Kier molecular flexibility index (Phi) is 4.86. The molecule has 0 aliphatic carbocycles. The molecule has 0 saturated carbocycles. The predicted octanol–water partition coefficient (Wildman–Crippen LogP) is 3.84. The maximum absolute atomic E-state index is 11.9. The molecule has 3 aromatic rings. The highest BCUT2D eigenvalue weighted by Gasteiger charge is 2.10. The van der Waals surface area contributed by atoms with Crippen LogP contribution in [0.25, 0.3) is 11.4 Å². The molecule has 2 aromatic carbocycles. The standard InChI is InChI=1S/C18H17N3O2S/c1-12-3-7-14(8-4-12)17-20-18(24-21-17)19-16(22)11-23-15-9-5-13(2)6-10-15/h3-10H,11H2,1-2H3,(H,19,20,21,22). The van der Waals surface area contributed by atoms with E-state index in [0.29, 0.717) is 16.7 Å². The maximum atomic E-state index is 11.9. The van der Waals surface area contributed by atoms with Crippen molar-refractivity contribution in [2.45, 2.75) is 13.8 Å². The molecule has 0 aliphatic rings. The van der Waals surface area contributed by atoms with Gasteiger partial charge in [0.2, 0.25) is 5.13 Å². The Labute approximate surface area is 144 Å². The van der Waals surface area contributed by atoms with E-state index in [4.69, 9.17) is 4.74 Å². The van der Waals surface area contributed by atoms with Crippen LogP contribution in [0.1, 0.15) is 11.1 Å². The fourth-order valence-electron chi connectivity index (χ4n) is 2.03. The highest BCUT2D eigenvalue weighted by Crippen LogP contribution is 2.21. The summed E-state index contributed by atoms with van der Waals surface area (Å²) in [5.41, 5.74) is 3.24. The first-order valence-electron chi connectivity index (χ1n) is 7.50. The number of hydrogen-bond donors (Lipinski definition) is 1. The first-order valence-corrected chi connectivity index (χ1v) is 8.27. The van der Waals surface area contributed by atoms with Gasteiger partial charge >= 0.3 is 0 Å². The van der Waals surface area contributed by atoms with Gasteiger partial charge in [-0.15, -0.1) is 0 Å². The molecular formula is C18H17N3O2S. The number of ether oxygens (including phenoxy) is 1. The minimum Gasteiger partial charge on any atom is -0.484 e. The number of nitrogens with zero attached hydrogens (tertiary/aromatic N) is 2. The number of amides is 1. The lowest BCUT2D eigenvalue weighted by Gasteiger charge is -2.05. The zero-order chi connectivity index (χ0) is 16.9. The molecule has 1 amide bonds. The summed E-state index contributed by atoms with van der Waals surface area (Å²) in [6.45, 7) is 3.96. The van der Waals surface area contributed by atoms with Gasteiger partial charge in [0.1, 0.15) is 5.75 Å². The molecule has 0 fully saturated rings. The third-order valence-corrected chi connectivity index (χ3v) is 4.00. The second kappa shape index (κ2) is 7.23. The van der Waals surface area contributed by atoms with Gasteiger partial charge in [0.05, 0.1) is 0 Å². The fraction of sp³-hybridized carbons (Fsp3) is 0.167. The van der Waals surface area contributed by atoms with Crippen LogP contribution in [-0.2, 0) is 4.79 Å². The molecule has 0 saturated heterocycles. The first-order chi connectivity index (χ1) is 11.6. The molecule has 1 aromatic heterocycles. The molecule has 1 N–H and O–H groups in total. The van der Waals surface area contributed by atoms with Gasteiger partial charge in [-0.05, 0) is 26.0 Å². The van der Waals surface area contributed by atoms with Crippen LogP contribution in [0.5, 0.6) is 5.75 Å². The van der Waals surface area contributed by atoms with Crippen LogP contribution in [0.15, 0.2) is 48.5 Å². The van der Waals surface area contributed by atoms with Crippen molar-refractivity contribution in [3.05, 3.63) is 59.7 Å². The van der Waals surface area contributed by atoms with Crippen LogP contribution < -0.4 is 10.1 Å². The van der Waals surface area contributed by atoms with Crippen molar-refractivity contribution in [1.82, 2.24) is 9.36 Å². The summed E-state index contributed by atoms with van der Waals surface area (Å²) in [4.78, 5) is 16.3. The normalized spacial score (nSPS) is 10.4. The fourth-order valence-corrected chi connectivity index (χ4v) is 2.64. The third-order valence-electron chi connectivity index (χ3n) is 3.37. The van der Waals surface area contributed by atoms with Crippen molar-refractivity contribution in [2.75, 3.05) is 11.9 Å². The molecule has 0 aliphatic heterocycles. The topological polar surface area (TPSA) is 64.1 Å². The Balaban J connectivity index is 1.57. The lowest BCUT2D eigenvalue weighted by Crippen LogP contribution is -2.20. The zero-order valence-electron chi connectivity index (χ0n) is 13.4. The van der Waals surface area contributed by atoms with Gasteiger partial charge in [0.25, 0.3) is 5.91 Å². The van der Waals surface area contributed by atoms with Gasteiger partial charge in [0, 0.05) is 17.1 Å². The van der Waals surface area contributed by atoms with Gasteiger partial charge in [-0.25, -0.2) is 0 Å². The summed E-state index contributed by atoms with van der Waals surface area (Å²) in [7, 11) is 0. The van der Waals surface area contributed by atoms with Crippen LogP contribution in [0.3, 0.4) is 0 Å². The molecule has 122 valence electrons. The lowest BCUT2D eigenvalue weighted by molar-refractivity contribution is -0.118. The van der Waals surface area contributed by atoms with Crippen molar-refractivity contribution in [2.24, 2.45) is 0 Å². The van der Waals surface area contributed by atoms with Gasteiger partial charge in [0.15, 0.2) is 12.4 Å². The van der Waals surface area contributed by atoms with Gasteiger partial charge in [-0.3, -0.25) is 10.1 Å². The molecule has 3 rings (SSSR count). The van der Waals surface area contributed by atoms with Crippen LogP contribution >= 0.6 is 11.5 Å². The maximum Gasteiger partial charge on any atom is 0.264 e. The van der Waals surface area contributed by atoms with Crippen molar-refractivity contribution in [3.8, 4) is 17.1 Å². The molecule has 1 heterocycles. The molecule has 0 unspecified atom stereocenters. The number of nitrogens with one attached hydrogen (secondary N) is 1. The molecule has 0 atom stereocenters. The molecule has 0 spiro atoms. The van der Waals surface area contributed by atoms with E-state index in [1.54, 1.807) is 0 Å². The number of anilines is 1. The van der Waals surface area contributed by atoms with Crippen molar-refractivity contribution < 1.29 is 9.53 Å². The van der Waals surface area contributed by atoms with Crippen LogP contribution in [0, 0.1) is 13.8 Å². The van der Waals surface area contributed by atoms with E-state index >= 15 is 0 Å². The number of aryl methyl sites for hydroxylation is 2. The van der Waals surface area contributed by atoms with Gasteiger partial charge < -0.3 is 4.74 Å². The van der Waals surface area contributed by atoms with Crippen LogP contribution in [0.4, 0.5) is 5.13 Å². The summed E-state index contributed by atoms with van der Waals surface area (Å²) in [6.07, 6.45) is 0. The Morgan fingerprint density at radius 2 is 1.67 bits per heavy atom. The van der Waals surface area contributed by atoms with Crippen molar-refractivity contribution in [3.63, 3.8) is 0 Å². The van der Waals surface area contributed by atoms with E-state index in [1.807, 2.05) is 62.4 Å². The first kappa shape index (κ1) is 16.1. The van der Waals surface area contributed by atoms with E-state index in [-0.39, 0.29) is 12.5 Å². The number of hydrogen-bond acceptors (Lipinski definition) is 5. The molecule has 0 bridgehead atoms. The summed E-state index contributed by atoms with van der Waals surface area (Å²) in [5, 5.41) is 3.17. The second-order valence-electron chi connectivity index (χ2n) is 5.44. The van der Waals surface area contributed by atoms with Crippen molar-refractivity contribution in [1.29, 1.82) is 0 Å². The van der Waals surface area contributed by atoms with Crippen LogP contribution in [0.2, 0.25) is 0 Å². The molecule has 6 heteroatoms. The number of benzene rings is 2. The van der Waals surface area contributed by atoms with Gasteiger partial charge in [-0.2, -0.15) is 9.36 Å². The highest BCUT2D eigenvalue weighted by molar-refractivity contribution is 7.10. The van der Waals surface area contributed by atoms with E-state index < -0.39 is 0 Å². The smallest absolute Gasteiger partial charge is 0.264 e. The van der Waals surface area contributed by atoms with Gasteiger partial charge in [-0.1, -0.05) is 47.5 Å². The Morgan fingerprint density at radius 1 is 1.04 bits per heavy atom. The molecule has 24 heavy (non-hydrogen) atoms.